The number of hydrogen-bond donors (Lipinski definition) is 3. The van der Waals surface area contributed by atoms with Crippen LogP contribution in [0.25, 0.3) is 0 Å². The van der Waals surface area contributed by atoms with Gasteiger partial charge in [-0.1, -0.05) is 32.1 Å². The van der Waals surface area contributed by atoms with Gasteiger partial charge in [-0.2, -0.15) is 0 Å². The Morgan fingerprint density at radius 2 is 1.84 bits per heavy atom. The van der Waals surface area contributed by atoms with Crippen LogP contribution in [0.5, 0.6) is 0 Å². The van der Waals surface area contributed by atoms with Gasteiger partial charge in [-0.15, -0.1) is 0 Å². The zero-order valence-corrected chi connectivity index (χ0v) is 15.6. The van der Waals surface area contributed by atoms with Crippen molar-refractivity contribution in [2.45, 2.75) is 89.3 Å². The van der Waals surface area contributed by atoms with Crippen LogP contribution in [-0.4, -0.2) is 53.1 Å². The van der Waals surface area contributed by atoms with E-state index >= 15 is 0 Å². The van der Waals surface area contributed by atoms with Crippen molar-refractivity contribution in [3.8, 4) is 0 Å². The van der Waals surface area contributed by atoms with E-state index < -0.39 is 6.10 Å². The summed E-state index contributed by atoms with van der Waals surface area (Å²) in [6.45, 7) is 3.14. The quantitative estimate of drug-likeness (QED) is 0.647. The van der Waals surface area contributed by atoms with Crippen LogP contribution in [0.2, 0.25) is 0 Å². The second-order valence-corrected chi connectivity index (χ2v) is 7.92. The second kappa shape index (κ2) is 10.1. The summed E-state index contributed by atoms with van der Waals surface area (Å²) >= 11 is 0. The minimum Gasteiger partial charge on any atom is -0.390 e. The first-order chi connectivity index (χ1) is 12.0. The molecule has 1 saturated heterocycles. The molecule has 1 saturated carbocycles. The molecule has 3 atom stereocenters. The fourth-order valence-electron chi connectivity index (χ4n) is 4.17. The van der Waals surface area contributed by atoms with E-state index in [4.69, 9.17) is 5.73 Å². The highest BCUT2D eigenvalue weighted by molar-refractivity contribution is 5.76. The average Bonchev–Trinajstić information content (AvgIpc) is 2.72. The Bertz CT molecular complexity index is 438. The molecule has 0 spiro atoms. The summed E-state index contributed by atoms with van der Waals surface area (Å²) in [4.78, 5) is 25.4. The molecular weight excluding hydrogens is 318 g/mol. The topological polar surface area (TPSA) is 95.7 Å². The molecule has 2 amide bonds. The molecule has 6 nitrogen and oxygen atoms in total. The van der Waals surface area contributed by atoms with Crippen molar-refractivity contribution in [2.24, 2.45) is 11.7 Å². The zero-order valence-electron chi connectivity index (χ0n) is 15.6. The average molecular weight is 354 g/mol. The maximum atomic E-state index is 12.3. The van der Waals surface area contributed by atoms with Crippen LogP contribution in [0.1, 0.15) is 71.1 Å². The lowest BCUT2D eigenvalue weighted by Crippen LogP contribution is -2.47. The predicted molar refractivity (Wildman–Crippen MR) is 97.8 cm³/mol. The molecule has 2 aliphatic rings. The molecule has 0 aromatic heterocycles. The van der Waals surface area contributed by atoms with Crippen LogP contribution in [0, 0.1) is 5.92 Å². The number of rotatable bonds is 7. The number of amides is 2. The molecule has 2 rings (SSSR count). The van der Waals surface area contributed by atoms with Gasteiger partial charge in [-0.3, -0.25) is 14.5 Å². The summed E-state index contributed by atoms with van der Waals surface area (Å²) < 4.78 is 0. The molecule has 6 heteroatoms. The van der Waals surface area contributed by atoms with Crippen molar-refractivity contribution >= 4 is 11.8 Å². The van der Waals surface area contributed by atoms with Gasteiger partial charge in [0.05, 0.1) is 12.1 Å². The van der Waals surface area contributed by atoms with Crippen molar-refractivity contribution < 1.29 is 14.7 Å². The number of likely N-dealkylation sites (tertiary alicyclic amines) is 1. The van der Waals surface area contributed by atoms with E-state index in [9.17, 15) is 14.7 Å². The number of aliphatic hydroxyl groups is 1. The van der Waals surface area contributed by atoms with Crippen molar-refractivity contribution in [3.05, 3.63) is 0 Å². The van der Waals surface area contributed by atoms with Gasteiger partial charge in [0.25, 0.3) is 0 Å². The van der Waals surface area contributed by atoms with Crippen LogP contribution in [0.4, 0.5) is 0 Å². The molecule has 4 N–H and O–H groups in total. The monoisotopic (exact) mass is 353 g/mol. The molecular formula is C19H35N3O3. The lowest BCUT2D eigenvalue weighted by Gasteiger charge is -2.28. The van der Waals surface area contributed by atoms with Crippen LogP contribution in [0.3, 0.4) is 0 Å². The number of carbonyl (C=O) groups is 2. The molecule has 1 heterocycles. The lowest BCUT2D eigenvalue weighted by atomic mass is 9.86. The smallest absolute Gasteiger partial charge is 0.220 e. The third-order valence-electron chi connectivity index (χ3n) is 5.90. The first kappa shape index (κ1) is 20.2. The number of hydrogen-bond acceptors (Lipinski definition) is 4. The zero-order chi connectivity index (χ0) is 18.2. The van der Waals surface area contributed by atoms with Gasteiger partial charge in [0.15, 0.2) is 0 Å². The standard InChI is InChI=1S/C19H35N3O3/c1-14-7-9-16(17(23)13-22(14)12-11-18(20)24)21-19(25)10-8-15-5-3-2-4-6-15/h14-17,23H,2-13H2,1H3,(H2,20,24)(H,21,25)/t14-,16+,17+/m1/s1. The Morgan fingerprint density at radius 1 is 1.12 bits per heavy atom. The summed E-state index contributed by atoms with van der Waals surface area (Å²) in [5, 5.41) is 13.5. The van der Waals surface area contributed by atoms with Crippen molar-refractivity contribution in [1.29, 1.82) is 0 Å². The van der Waals surface area contributed by atoms with Gasteiger partial charge in [0.2, 0.25) is 11.8 Å². The first-order valence-electron chi connectivity index (χ1n) is 9.95. The number of nitrogens with zero attached hydrogens (tertiary/aromatic N) is 1. The van der Waals surface area contributed by atoms with Gasteiger partial charge in [-0.05, 0) is 32.1 Å². The van der Waals surface area contributed by atoms with E-state index in [0.717, 1.165) is 19.3 Å². The van der Waals surface area contributed by atoms with Crippen LogP contribution in [0.15, 0.2) is 0 Å². The van der Waals surface area contributed by atoms with E-state index in [1.807, 2.05) is 0 Å². The van der Waals surface area contributed by atoms with E-state index in [0.29, 0.717) is 31.8 Å². The molecule has 0 aromatic carbocycles. The number of nitrogens with two attached hydrogens (primary N) is 1. The predicted octanol–water partition coefficient (Wildman–Crippen LogP) is 1.55. The third-order valence-corrected chi connectivity index (χ3v) is 5.90. The van der Waals surface area contributed by atoms with Crippen molar-refractivity contribution in [2.75, 3.05) is 13.1 Å². The fourth-order valence-corrected chi connectivity index (χ4v) is 4.17. The number of β-amino-alcohol motifs (C(OH)–C–C–N with tert-alkyl or cyclic N) is 1. The van der Waals surface area contributed by atoms with Gasteiger partial charge < -0.3 is 16.2 Å². The SMILES string of the molecule is C[C@@H]1CC[C@H](NC(=O)CCC2CCCCC2)[C@@H](O)CN1CCC(N)=O. The summed E-state index contributed by atoms with van der Waals surface area (Å²) in [6, 6.07) is 0.0815. The maximum Gasteiger partial charge on any atom is 0.220 e. The minimum absolute atomic E-state index is 0.0628. The highest BCUT2D eigenvalue weighted by atomic mass is 16.3. The summed E-state index contributed by atoms with van der Waals surface area (Å²) in [5.41, 5.74) is 5.23. The highest BCUT2D eigenvalue weighted by Gasteiger charge is 2.30. The number of aliphatic hydroxyl groups excluding tert-OH is 1. The maximum absolute atomic E-state index is 12.3. The highest BCUT2D eigenvalue weighted by Crippen LogP contribution is 2.27. The molecule has 0 radical (unpaired) electrons. The minimum atomic E-state index is -0.601. The molecule has 0 aromatic rings. The molecule has 144 valence electrons. The molecule has 1 aliphatic heterocycles. The fraction of sp³-hybridized carbons (Fsp3) is 0.895. The normalized spacial score (nSPS) is 29.1. The van der Waals surface area contributed by atoms with E-state index in [2.05, 4.69) is 17.1 Å². The molecule has 2 fully saturated rings. The number of carbonyl (C=O) groups excluding carboxylic acids is 2. The van der Waals surface area contributed by atoms with Crippen LogP contribution < -0.4 is 11.1 Å². The van der Waals surface area contributed by atoms with E-state index in [-0.39, 0.29) is 23.9 Å². The Kier molecular flexibility index (Phi) is 8.16. The third kappa shape index (κ3) is 6.94. The van der Waals surface area contributed by atoms with Crippen LogP contribution >= 0.6 is 0 Å². The lowest BCUT2D eigenvalue weighted by molar-refractivity contribution is -0.123. The van der Waals surface area contributed by atoms with Gasteiger partial charge in [0, 0.05) is 32.0 Å². The summed E-state index contributed by atoms with van der Waals surface area (Å²) in [7, 11) is 0. The molecule has 0 unspecified atom stereocenters. The van der Waals surface area contributed by atoms with Gasteiger partial charge in [0.1, 0.15) is 0 Å². The first-order valence-corrected chi connectivity index (χ1v) is 9.95. The van der Waals surface area contributed by atoms with Gasteiger partial charge >= 0.3 is 0 Å². The molecule has 1 aliphatic carbocycles. The van der Waals surface area contributed by atoms with Gasteiger partial charge in [-0.25, -0.2) is 0 Å². The summed E-state index contributed by atoms with van der Waals surface area (Å²) in [6.07, 6.45) is 9.34. The van der Waals surface area contributed by atoms with E-state index in [1.54, 1.807) is 0 Å². The Hall–Kier alpha value is -1.14. The Morgan fingerprint density at radius 3 is 2.52 bits per heavy atom. The Balaban J connectivity index is 1.76. The molecule has 0 bridgehead atoms. The van der Waals surface area contributed by atoms with Crippen molar-refractivity contribution in [3.63, 3.8) is 0 Å². The summed E-state index contributed by atoms with van der Waals surface area (Å²) in [5.74, 6) is 0.439. The molecule has 25 heavy (non-hydrogen) atoms. The number of primary amides is 1. The largest absolute Gasteiger partial charge is 0.390 e. The second-order valence-electron chi connectivity index (χ2n) is 7.92. The van der Waals surface area contributed by atoms with Crippen molar-refractivity contribution in [1.82, 2.24) is 10.2 Å². The Labute approximate surface area is 151 Å². The number of nitrogens with one attached hydrogen (secondary N) is 1. The van der Waals surface area contributed by atoms with Crippen LogP contribution in [-0.2, 0) is 9.59 Å². The van der Waals surface area contributed by atoms with E-state index in [1.165, 1.54) is 32.1 Å².